The second-order valence-electron chi connectivity index (χ2n) is 6.37. The van der Waals surface area contributed by atoms with E-state index in [9.17, 15) is 9.18 Å². The molecule has 5 nitrogen and oxygen atoms in total. The third-order valence-electron chi connectivity index (χ3n) is 3.21. The van der Waals surface area contributed by atoms with Crippen molar-refractivity contribution in [3.63, 3.8) is 0 Å². The van der Waals surface area contributed by atoms with Gasteiger partial charge in [-0.15, -0.1) is 0 Å². The number of hydrogen-bond acceptors (Lipinski definition) is 4. The standard InChI is InChI=1S/C16H23FN2O3/c1-16(2,3)22-15(20)18-19-10-8-14(9-11-19)21-13-6-4-12(17)5-7-13/h4-7,14H,8-11H2,1-3H3,(H,18,20). The molecule has 122 valence electrons. The summed E-state index contributed by atoms with van der Waals surface area (Å²) in [4.78, 5) is 11.7. The topological polar surface area (TPSA) is 50.8 Å². The Labute approximate surface area is 130 Å². The Hall–Kier alpha value is -1.82. The number of hydrazine groups is 1. The summed E-state index contributed by atoms with van der Waals surface area (Å²) in [6.45, 7) is 6.86. The fourth-order valence-electron chi connectivity index (χ4n) is 2.22. The lowest BCUT2D eigenvalue weighted by atomic mass is 10.1. The highest BCUT2D eigenvalue weighted by Crippen LogP contribution is 2.19. The third kappa shape index (κ3) is 5.52. The van der Waals surface area contributed by atoms with Crippen molar-refractivity contribution in [3.05, 3.63) is 30.1 Å². The van der Waals surface area contributed by atoms with Gasteiger partial charge in [0.25, 0.3) is 0 Å². The zero-order valence-electron chi connectivity index (χ0n) is 13.3. The van der Waals surface area contributed by atoms with E-state index in [0.717, 1.165) is 12.8 Å². The van der Waals surface area contributed by atoms with Crippen LogP contribution in [-0.4, -0.2) is 35.9 Å². The van der Waals surface area contributed by atoms with Crippen molar-refractivity contribution in [1.29, 1.82) is 0 Å². The monoisotopic (exact) mass is 310 g/mol. The van der Waals surface area contributed by atoms with Gasteiger partial charge in [-0.2, -0.15) is 0 Å². The van der Waals surface area contributed by atoms with Crippen LogP contribution in [0.4, 0.5) is 9.18 Å². The number of hydrogen-bond donors (Lipinski definition) is 1. The van der Waals surface area contributed by atoms with E-state index in [2.05, 4.69) is 5.43 Å². The summed E-state index contributed by atoms with van der Waals surface area (Å²) in [5.74, 6) is 0.392. The van der Waals surface area contributed by atoms with E-state index in [-0.39, 0.29) is 11.9 Å². The summed E-state index contributed by atoms with van der Waals surface area (Å²) in [7, 11) is 0. The number of amides is 1. The summed E-state index contributed by atoms with van der Waals surface area (Å²) in [5, 5.41) is 1.83. The van der Waals surface area contributed by atoms with Crippen LogP contribution < -0.4 is 10.2 Å². The number of ether oxygens (including phenoxy) is 2. The zero-order valence-corrected chi connectivity index (χ0v) is 13.3. The predicted octanol–water partition coefficient (Wildman–Crippen LogP) is 3.11. The number of piperidine rings is 1. The number of benzene rings is 1. The molecule has 22 heavy (non-hydrogen) atoms. The lowest BCUT2D eigenvalue weighted by Gasteiger charge is -2.32. The highest BCUT2D eigenvalue weighted by Gasteiger charge is 2.23. The summed E-state index contributed by atoms with van der Waals surface area (Å²) in [6.07, 6.45) is 1.20. The highest BCUT2D eigenvalue weighted by molar-refractivity contribution is 5.67. The molecule has 0 bridgehead atoms. The van der Waals surface area contributed by atoms with E-state index in [1.807, 2.05) is 25.8 Å². The number of carbonyl (C=O) groups is 1. The van der Waals surface area contributed by atoms with Crippen LogP contribution in [-0.2, 0) is 4.74 Å². The maximum absolute atomic E-state index is 12.8. The van der Waals surface area contributed by atoms with Gasteiger partial charge in [0, 0.05) is 13.1 Å². The van der Waals surface area contributed by atoms with E-state index in [1.54, 1.807) is 12.1 Å². The van der Waals surface area contributed by atoms with Crippen molar-refractivity contribution in [1.82, 2.24) is 10.4 Å². The predicted molar refractivity (Wildman–Crippen MR) is 81.0 cm³/mol. The van der Waals surface area contributed by atoms with E-state index in [4.69, 9.17) is 9.47 Å². The van der Waals surface area contributed by atoms with Crippen LogP contribution in [0.1, 0.15) is 33.6 Å². The Morgan fingerprint density at radius 2 is 1.82 bits per heavy atom. The number of nitrogens with zero attached hydrogens (tertiary/aromatic N) is 1. The molecule has 0 aliphatic carbocycles. The van der Waals surface area contributed by atoms with Gasteiger partial charge in [0.1, 0.15) is 23.3 Å². The lowest BCUT2D eigenvalue weighted by molar-refractivity contribution is 0.0192. The van der Waals surface area contributed by atoms with E-state index >= 15 is 0 Å². The Morgan fingerprint density at radius 1 is 1.23 bits per heavy atom. The average Bonchev–Trinajstić information content (AvgIpc) is 2.41. The first-order valence-electron chi connectivity index (χ1n) is 7.49. The molecule has 1 aliphatic heterocycles. The first kappa shape index (κ1) is 16.5. The minimum absolute atomic E-state index is 0.0714. The highest BCUT2D eigenvalue weighted by atomic mass is 19.1. The Balaban J connectivity index is 1.73. The van der Waals surface area contributed by atoms with Crippen LogP contribution in [0.15, 0.2) is 24.3 Å². The van der Waals surface area contributed by atoms with Crippen molar-refractivity contribution < 1.29 is 18.7 Å². The Morgan fingerprint density at radius 3 is 2.36 bits per heavy atom. The molecule has 1 amide bonds. The van der Waals surface area contributed by atoms with Crippen LogP contribution in [0, 0.1) is 5.82 Å². The number of halogens is 1. The molecule has 1 heterocycles. The lowest BCUT2D eigenvalue weighted by Crippen LogP contribution is -2.49. The number of nitrogens with one attached hydrogen (secondary N) is 1. The van der Waals surface area contributed by atoms with Gasteiger partial charge < -0.3 is 9.47 Å². The SMILES string of the molecule is CC(C)(C)OC(=O)NN1CCC(Oc2ccc(F)cc2)CC1. The largest absolute Gasteiger partial charge is 0.490 e. The number of carbonyl (C=O) groups excluding carboxylic acids is 1. The first-order chi connectivity index (χ1) is 10.3. The van der Waals surface area contributed by atoms with Crippen LogP contribution >= 0.6 is 0 Å². The fourth-order valence-corrected chi connectivity index (χ4v) is 2.22. The molecule has 1 aromatic rings. The normalized spacial score (nSPS) is 17.1. The van der Waals surface area contributed by atoms with E-state index in [1.165, 1.54) is 12.1 Å². The smallest absolute Gasteiger partial charge is 0.422 e. The molecular weight excluding hydrogens is 287 g/mol. The average molecular weight is 310 g/mol. The molecule has 2 rings (SSSR count). The van der Waals surface area contributed by atoms with Crippen LogP contribution in [0.2, 0.25) is 0 Å². The van der Waals surface area contributed by atoms with Gasteiger partial charge >= 0.3 is 6.09 Å². The van der Waals surface area contributed by atoms with Crippen molar-refractivity contribution in [2.45, 2.75) is 45.3 Å². The summed E-state index contributed by atoms with van der Waals surface area (Å²) in [5.41, 5.74) is 2.23. The van der Waals surface area contributed by atoms with Crippen molar-refractivity contribution in [2.24, 2.45) is 0 Å². The van der Waals surface area contributed by atoms with Crippen LogP contribution in [0.25, 0.3) is 0 Å². The molecule has 0 radical (unpaired) electrons. The molecule has 0 atom stereocenters. The van der Waals surface area contributed by atoms with Gasteiger partial charge in [-0.05, 0) is 57.9 Å². The molecule has 0 aromatic heterocycles. The summed E-state index contributed by atoms with van der Waals surface area (Å²) < 4.78 is 23.9. The molecule has 6 heteroatoms. The number of rotatable bonds is 3. The quantitative estimate of drug-likeness (QED) is 0.932. The van der Waals surface area contributed by atoms with Crippen molar-refractivity contribution in [2.75, 3.05) is 13.1 Å². The van der Waals surface area contributed by atoms with Gasteiger partial charge in [-0.1, -0.05) is 0 Å². The summed E-state index contributed by atoms with van der Waals surface area (Å²) >= 11 is 0. The Kier molecular flexibility index (Phi) is 5.24. The molecule has 1 aliphatic rings. The molecular formula is C16H23FN2O3. The molecule has 1 saturated heterocycles. The van der Waals surface area contributed by atoms with Crippen molar-refractivity contribution >= 4 is 6.09 Å². The van der Waals surface area contributed by atoms with Gasteiger partial charge in [0.2, 0.25) is 0 Å². The molecule has 1 aromatic carbocycles. The van der Waals surface area contributed by atoms with Gasteiger partial charge in [0.05, 0.1) is 0 Å². The second-order valence-corrected chi connectivity index (χ2v) is 6.37. The molecule has 1 N–H and O–H groups in total. The first-order valence-corrected chi connectivity index (χ1v) is 7.49. The van der Waals surface area contributed by atoms with Crippen LogP contribution in [0.3, 0.4) is 0 Å². The molecule has 0 saturated carbocycles. The molecule has 0 spiro atoms. The molecule has 0 unspecified atom stereocenters. The van der Waals surface area contributed by atoms with Gasteiger partial charge in [-0.3, -0.25) is 5.43 Å². The van der Waals surface area contributed by atoms with Crippen molar-refractivity contribution in [3.8, 4) is 5.75 Å². The van der Waals surface area contributed by atoms with E-state index < -0.39 is 11.7 Å². The zero-order chi connectivity index (χ0) is 16.2. The minimum atomic E-state index is -0.506. The van der Waals surface area contributed by atoms with Crippen LogP contribution in [0.5, 0.6) is 5.75 Å². The third-order valence-corrected chi connectivity index (χ3v) is 3.21. The van der Waals surface area contributed by atoms with Gasteiger partial charge in [-0.25, -0.2) is 14.2 Å². The second kappa shape index (κ2) is 6.96. The fraction of sp³-hybridized carbons (Fsp3) is 0.562. The minimum Gasteiger partial charge on any atom is -0.490 e. The summed E-state index contributed by atoms with van der Waals surface area (Å²) in [6, 6.07) is 6.02. The Bertz CT molecular complexity index is 491. The molecule has 1 fully saturated rings. The van der Waals surface area contributed by atoms with E-state index in [0.29, 0.717) is 18.8 Å². The van der Waals surface area contributed by atoms with Gasteiger partial charge in [0.15, 0.2) is 0 Å². The maximum atomic E-state index is 12.8. The maximum Gasteiger partial charge on any atom is 0.422 e.